The maximum absolute atomic E-state index is 14.0. The molecule has 0 aliphatic carbocycles. The second-order valence-electron chi connectivity index (χ2n) is 7.50. The number of anilines is 1. The van der Waals surface area contributed by atoms with Crippen molar-refractivity contribution in [2.24, 2.45) is 0 Å². The van der Waals surface area contributed by atoms with Crippen LogP contribution in [0.3, 0.4) is 0 Å². The smallest absolute Gasteiger partial charge is 0.385 e. The number of para-hydroxylation sites is 1. The van der Waals surface area contributed by atoms with Gasteiger partial charge in [0, 0.05) is 38.7 Å². The van der Waals surface area contributed by atoms with E-state index in [1.165, 1.54) is 29.2 Å². The lowest BCUT2D eigenvalue weighted by Crippen LogP contribution is -2.36. The average molecular weight is 463 g/mol. The van der Waals surface area contributed by atoms with Crippen LogP contribution < -0.4 is 5.32 Å². The van der Waals surface area contributed by atoms with E-state index < -0.39 is 23.6 Å². The molecule has 0 bridgehead atoms. The van der Waals surface area contributed by atoms with E-state index in [1.54, 1.807) is 42.1 Å². The Morgan fingerprint density at radius 3 is 2.61 bits per heavy atom. The Balaban J connectivity index is 1.76. The molecule has 0 unspecified atom stereocenters. The zero-order valence-corrected chi connectivity index (χ0v) is 18.1. The molecule has 0 fully saturated rings. The Morgan fingerprint density at radius 2 is 1.88 bits per heavy atom. The molecule has 0 spiro atoms. The number of benzene rings is 2. The van der Waals surface area contributed by atoms with Gasteiger partial charge in [-0.1, -0.05) is 24.3 Å². The highest BCUT2D eigenvalue weighted by atomic mass is 19.4. The molecule has 0 atom stereocenters. The van der Waals surface area contributed by atoms with E-state index in [4.69, 9.17) is 4.74 Å². The lowest BCUT2D eigenvalue weighted by atomic mass is 10.1. The molecular weight excluding hydrogens is 438 g/mol. The lowest BCUT2D eigenvalue weighted by Gasteiger charge is -2.24. The number of urea groups is 1. The maximum Gasteiger partial charge on any atom is 0.416 e. The van der Waals surface area contributed by atoms with Crippen LogP contribution in [0.25, 0.3) is 0 Å². The highest BCUT2D eigenvalue weighted by Gasteiger charge is 2.30. The van der Waals surface area contributed by atoms with Crippen LogP contribution in [0.15, 0.2) is 66.9 Å². The van der Waals surface area contributed by atoms with Crippen molar-refractivity contribution >= 4 is 11.7 Å². The van der Waals surface area contributed by atoms with Crippen molar-refractivity contribution in [3.63, 3.8) is 0 Å². The van der Waals surface area contributed by atoms with E-state index in [2.05, 4.69) is 5.32 Å². The van der Waals surface area contributed by atoms with E-state index in [9.17, 15) is 22.4 Å². The third-order valence-electron chi connectivity index (χ3n) is 5.06. The summed E-state index contributed by atoms with van der Waals surface area (Å²) in [6.07, 6.45) is -2.11. The number of nitrogens with zero attached hydrogens (tertiary/aromatic N) is 2. The Morgan fingerprint density at radius 1 is 1.09 bits per heavy atom. The molecule has 9 heteroatoms. The number of amides is 2. The van der Waals surface area contributed by atoms with Crippen molar-refractivity contribution in [2.45, 2.75) is 25.7 Å². The van der Waals surface area contributed by atoms with Gasteiger partial charge in [0.05, 0.1) is 17.8 Å². The SMILES string of the molecule is COCCCN(Cc1cccn1Cc1cccc(C(F)(F)F)c1)C(=O)Nc1ccccc1F. The van der Waals surface area contributed by atoms with Crippen LogP contribution in [0, 0.1) is 5.82 Å². The summed E-state index contributed by atoms with van der Waals surface area (Å²) in [5.74, 6) is -0.546. The summed E-state index contributed by atoms with van der Waals surface area (Å²) in [6, 6.07) is 14.1. The first-order chi connectivity index (χ1) is 15.8. The second-order valence-corrected chi connectivity index (χ2v) is 7.50. The second kappa shape index (κ2) is 11.0. The van der Waals surface area contributed by atoms with Gasteiger partial charge in [0.25, 0.3) is 0 Å². The fourth-order valence-corrected chi connectivity index (χ4v) is 3.39. The fraction of sp³-hybridized carbons (Fsp3) is 0.292. The lowest BCUT2D eigenvalue weighted by molar-refractivity contribution is -0.137. The quantitative estimate of drug-likeness (QED) is 0.324. The molecule has 0 aliphatic rings. The summed E-state index contributed by atoms with van der Waals surface area (Å²) in [7, 11) is 1.56. The number of aromatic nitrogens is 1. The molecule has 3 rings (SSSR count). The number of carbonyl (C=O) groups is 1. The summed E-state index contributed by atoms with van der Waals surface area (Å²) in [6.45, 7) is 1.20. The molecule has 176 valence electrons. The predicted octanol–water partition coefficient (Wildman–Crippen LogP) is 5.76. The minimum Gasteiger partial charge on any atom is -0.385 e. The molecule has 0 aliphatic heterocycles. The van der Waals surface area contributed by atoms with Gasteiger partial charge in [-0.3, -0.25) is 0 Å². The van der Waals surface area contributed by atoms with E-state index in [0.29, 0.717) is 25.1 Å². The molecule has 33 heavy (non-hydrogen) atoms. The van der Waals surface area contributed by atoms with E-state index in [0.717, 1.165) is 17.8 Å². The minimum atomic E-state index is -4.42. The van der Waals surface area contributed by atoms with Crippen LogP contribution in [0.2, 0.25) is 0 Å². The summed E-state index contributed by atoms with van der Waals surface area (Å²) >= 11 is 0. The zero-order chi connectivity index (χ0) is 23.8. The molecule has 1 aromatic heterocycles. The van der Waals surface area contributed by atoms with E-state index in [1.807, 2.05) is 0 Å². The number of halogens is 4. The summed E-state index contributed by atoms with van der Waals surface area (Å²) in [5, 5.41) is 2.58. The normalized spacial score (nSPS) is 11.4. The molecular formula is C24H25F4N3O2. The van der Waals surface area contributed by atoms with Crippen molar-refractivity contribution in [1.29, 1.82) is 0 Å². The molecule has 0 saturated heterocycles. The highest BCUT2D eigenvalue weighted by molar-refractivity contribution is 5.89. The largest absolute Gasteiger partial charge is 0.416 e. The summed E-state index contributed by atoms with van der Waals surface area (Å²) < 4.78 is 60.0. The van der Waals surface area contributed by atoms with E-state index >= 15 is 0 Å². The first-order valence-electron chi connectivity index (χ1n) is 10.4. The maximum atomic E-state index is 14.0. The number of nitrogens with one attached hydrogen (secondary N) is 1. The monoisotopic (exact) mass is 463 g/mol. The van der Waals surface area contributed by atoms with Crippen molar-refractivity contribution < 1.29 is 27.1 Å². The molecule has 3 aromatic rings. The molecule has 1 heterocycles. The molecule has 0 saturated carbocycles. The van der Waals surface area contributed by atoms with Gasteiger partial charge >= 0.3 is 12.2 Å². The van der Waals surface area contributed by atoms with Crippen LogP contribution >= 0.6 is 0 Å². The Bertz CT molecular complexity index is 1070. The Kier molecular flexibility index (Phi) is 8.11. The van der Waals surface area contributed by atoms with Crippen molar-refractivity contribution in [3.05, 3.63) is 89.5 Å². The molecule has 2 amide bonds. The van der Waals surface area contributed by atoms with Gasteiger partial charge in [-0.15, -0.1) is 0 Å². The van der Waals surface area contributed by atoms with E-state index in [-0.39, 0.29) is 18.8 Å². The number of hydrogen-bond acceptors (Lipinski definition) is 2. The van der Waals surface area contributed by atoms with Crippen LogP contribution in [0.1, 0.15) is 23.2 Å². The summed E-state index contributed by atoms with van der Waals surface area (Å²) in [5.41, 5.74) is 0.579. The Hall–Kier alpha value is -3.33. The van der Waals surface area contributed by atoms with Gasteiger partial charge in [0.1, 0.15) is 5.82 Å². The van der Waals surface area contributed by atoms with Gasteiger partial charge in [0.2, 0.25) is 0 Å². The number of rotatable bonds is 9. The molecule has 5 nitrogen and oxygen atoms in total. The van der Waals surface area contributed by atoms with Gasteiger partial charge in [-0.05, 0) is 48.4 Å². The summed E-state index contributed by atoms with van der Waals surface area (Å²) in [4.78, 5) is 14.4. The van der Waals surface area contributed by atoms with Gasteiger partial charge in [-0.25, -0.2) is 9.18 Å². The number of hydrogen-bond donors (Lipinski definition) is 1. The molecule has 0 radical (unpaired) electrons. The van der Waals surface area contributed by atoms with Crippen LogP contribution in [-0.4, -0.2) is 35.8 Å². The van der Waals surface area contributed by atoms with Crippen molar-refractivity contribution in [3.8, 4) is 0 Å². The first kappa shape index (κ1) is 24.3. The van der Waals surface area contributed by atoms with Crippen molar-refractivity contribution in [1.82, 2.24) is 9.47 Å². The van der Waals surface area contributed by atoms with Crippen LogP contribution in [0.5, 0.6) is 0 Å². The minimum absolute atomic E-state index is 0.0681. The topological polar surface area (TPSA) is 46.5 Å². The molecule has 2 aromatic carbocycles. The first-order valence-corrected chi connectivity index (χ1v) is 10.4. The predicted molar refractivity (Wildman–Crippen MR) is 117 cm³/mol. The Labute approximate surface area is 189 Å². The molecule has 1 N–H and O–H groups in total. The third-order valence-corrected chi connectivity index (χ3v) is 5.06. The number of alkyl halides is 3. The van der Waals surface area contributed by atoms with Gasteiger partial charge in [0.15, 0.2) is 0 Å². The van der Waals surface area contributed by atoms with Crippen LogP contribution in [-0.2, 0) is 24.0 Å². The van der Waals surface area contributed by atoms with Crippen molar-refractivity contribution in [2.75, 3.05) is 25.6 Å². The average Bonchev–Trinajstić information content (AvgIpc) is 3.21. The fourth-order valence-electron chi connectivity index (χ4n) is 3.39. The number of methoxy groups -OCH3 is 1. The van der Waals surface area contributed by atoms with Gasteiger partial charge in [-0.2, -0.15) is 13.2 Å². The zero-order valence-electron chi connectivity index (χ0n) is 18.1. The van der Waals surface area contributed by atoms with Crippen LogP contribution in [0.4, 0.5) is 28.0 Å². The highest BCUT2D eigenvalue weighted by Crippen LogP contribution is 2.29. The van der Waals surface area contributed by atoms with Gasteiger partial charge < -0.3 is 19.5 Å². The number of ether oxygens (including phenoxy) is 1. The number of carbonyl (C=O) groups excluding carboxylic acids is 1. The standard InChI is InChI=1S/C24H25F4N3O2/c1-33-14-6-13-31(23(32)29-22-11-3-2-10-21(22)25)17-20-9-5-12-30(20)16-18-7-4-8-19(15-18)24(26,27)28/h2-5,7-12,15H,6,13-14,16-17H2,1H3,(H,29,32). The third kappa shape index (κ3) is 6.82.